The Hall–Kier alpha value is 0.0569. The molecule has 0 aliphatic carbocycles. The first-order valence-corrected chi connectivity index (χ1v) is 6.67. The van der Waals surface area contributed by atoms with Gasteiger partial charge in [0.05, 0.1) is 0 Å². The van der Waals surface area contributed by atoms with Crippen LogP contribution >= 0.6 is 0 Å². The Morgan fingerprint density at radius 3 is 1.29 bits per heavy atom. The lowest BCUT2D eigenvalue weighted by molar-refractivity contribution is 0.107. The molecule has 4 nitrogen and oxygen atoms in total. The topological polar surface area (TPSA) is 39.7 Å². The van der Waals surface area contributed by atoms with Gasteiger partial charge in [0.25, 0.3) is 0 Å². The molecule has 0 bridgehead atoms. The maximum atomic E-state index is 5.22. The Bertz CT molecular complexity index is 79.9. The van der Waals surface area contributed by atoms with Crippen LogP contribution in [-0.2, 0) is 13.3 Å². The van der Waals surface area contributed by atoms with Crippen LogP contribution < -0.4 is 5.32 Å². The van der Waals surface area contributed by atoms with E-state index >= 15 is 0 Å². The molecule has 0 amide bonds. The van der Waals surface area contributed by atoms with E-state index in [1.54, 1.807) is 0 Å². The minimum atomic E-state index is -1.73. The van der Waals surface area contributed by atoms with Gasteiger partial charge in [0.1, 0.15) is 0 Å². The van der Waals surface area contributed by atoms with E-state index in [1.807, 2.05) is 27.8 Å². The number of hydrogen-bond donors (Lipinski definition) is 1. The van der Waals surface area contributed by atoms with Crippen LogP contribution in [-0.4, -0.2) is 42.9 Å². The molecule has 0 aromatic carbocycles. The summed E-state index contributed by atoms with van der Waals surface area (Å²) in [5.41, 5.74) is 0. The summed E-state index contributed by atoms with van der Waals surface area (Å²) in [5.74, 6) is 0. The number of rotatable bonds is 7. The van der Waals surface area contributed by atoms with Gasteiger partial charge in [0.2, 0.25) is 0 Å². The lowest BCUT2D eigenvalue weighted by atomic mass is 10.8. The van der Waals surface area contributed by atoms with Crippen LogP contribution in [0.15, 0.2) is 0 Å². The average molecular weight is 223 g/mol. The fourth-order valence-electron chi connectivity index (χ4n) is 0.553. The highest BCUT2D eigenvalue weighted by atomic mass is 28.3. The largest absolute Gasteiger partial charge is 0.484 e. The molecule has 0 aliphatic rings. The molecule has 0 aromatic rings. The lowest BCUT2D eigenvalue weighted by Crippen LogP contribution is -2.27. The summed E-state index contributed by atoms with van der Waals surface area (Å²) in [4.78, 5) is 0. The normalized spacial score (nSPS) is 9.86. The summed E-state index contributed by atoms with van der Waals surface area (Å²) >= 11 is 0. The van der Waals surface area contributed by atoms with Gasteiger partial charge in [-0.3, -0.25) is 0 Å². The van der Waals surface area contributed by atoms with Crippen molar-refractivity contribution < 1.29 is 13.3 Å². The second-order valence-corrected chi connectivity index (χ2v) is 3.94. The molecule has 0 radical (unpaired) electrons. The fourth-order valence-corrected chi connectivity index (χ4v) is 1.66. The summed E-state index contributed by atoms with van der Waals surface area (Å²) in [6, 6.07) is 0. The smallest absolute Gasteiger partial charge is 0.376 e. The van der Waals surface area contributed by atoms with Gasteiger partial charge in [-0.2, -0.15) is 0 Å². The zero-order valence-electron chi connectivity index (χ0n) is 10.1. The molecule has 0 aliphatic heterocycles. The maximum absolute atomic E-state index is 5.22. The molecule has 0 fully saturated rings. The van der Waals surface area contributed by atoms with Crippen molar-refractivity contribution in [2.75, 3.05) is 33.4 Å². The lowest BCUT2D eigenvalue weighted by Gasteiger charge is -2.12. The van der Waals surface area contributed by atoms with E-state index in [4.69, 9.17) is 13.3 Å². The van der Waals surface area contributed by atoms with Gasteiger partial charge >= 0.3 is 9.53 Å². The van der Waals surface area contributed by atoms with Crippen molar-refractivity contribution >= 4 is 9.53 Å². The van der Waals surface area contributed by atoms with E-state index < -0.39 is 9.53 Å². The standard InChI is InChI=1S/C6H16O3Si.C3H9N/c1-4-7-10(8-5-2)9-6-3;1-3-4-2/h10H,4-6H2,1-3H3;4H,3H2,1-2H3. The molecule has 14 heavy (non-hydrogen) atoms. The second-order valence-electron chi connectivity index (χ2n) is 2.36. The average Bonchev–Trinajstić information content (AvgIpc) is 2.20. The van der Waals surface area contributed by atoms with E-state index in [1.165, 1.54) is 0 Å². The van der Waals surface area contributed by atoms with E-state index in [9.17, 15) is 0 Å². The van der Waals surface area contributed by atoms with Crippen molar-refractivity contribution in [2.24, 2.45) is 0 Å². The highest BCUT2D eigenvalue weighted by Gasteiger charge is 2.11. The third-order valence-corrected chi connectivity index (χ3v) is 3.08. The molecule has 0 unspecified atom stereocenters. The molecule has 5 heteroatoms. The van der Waals surface area contributed by atoms with Crippen LogP contribution in [0.3, 0.4) is 0 Å². The van der Waals surface area contributed by atoms with Gasteiger partial charge in [-0.1, -0.05) is 6.92 Å². The van der Waals surface area contributed by atoms with E-state index in [0.29, 0.717) is 19.8 Å². The number of nitrogens with one attached hydrogen (secondary N) is 1. The minimum Gasteiger partial charge on any atom is -0.376 e. The van der Waals surface area contributed by atoms with Gasteiger partial charge in [-0.05, 0) is 34.4 Å². The zero-order chi connectivity index (χ0) is 11.2. The Kier molecular flexibility index (Phi) is 18.3. The Balaban J connectivity index is 0. The molecule has 0 aromatic heterocycles. The number of hydrogen-bond acceptors (Lipinski definition) is 4. The summed E-state index contributed by atoms with van der Waals surface area (Å²) in [7, 11) is 0.197. The van der Waals surface area contributed by atoms with Gasteiger partial charge in [-0.25, -0.2) is 0 Å². The van der Waals surface area contributed by atoms with Crippen LogP contribution in [0.25, 0.3) is 0 Å². The summed E-state index contributed by atoms with van der Waals surface area (Å²) in [6.07, 6.45) is 0. The molecule has 0 atom stereocenters. The molecule has 1 N–H and O–H groups in total. The van der Waals surface area contributed by atoms with Crippen molar-refractivity contribution in [3.63, 3.8) is 0 Å². The summed E-state index contributed by atoms with van der Waals surface area (Å²) in [6.45, 7) is 11.0. The Morgan fingerprint density at radius 1 is 0.857 bits per heavy atom. The maximum Gasteiger partial charge on any atom is 0.484 e. The summed E-state index contributed by atoms with van der Waals surface area (Å²) in [5, 5.41) is 2.93. The predicted molar refractivity (Wildman–Crippen MR) is 61.6 cm³/mol. The van der Waals surface area contributed by atoms with Gasteiger partial charge in [0.15, 0.2) is 0 Å². The molecule has 0 spiro atoms. The van der Waals surface area contributed by atoms with Crippen LogP contribution in [0.5, 0.6) is 0 Å². The van der Waals surface area contributed by atoms with E-state index in [2.05, 4.69) is 12.2 Å². The van der Waals surface area contributed by atoms with Gasteiger partial charge in [0, 0.05) is 19.8 Å². The highest BCUT2D eigenvalue weighted by Crippen LogP contribution is 1.90. The molecule has 0 rings (SSSR count). The van der Waals surface area contributed by atoms with Crippen LogP contribution in [0.2, 0.25) is 0 Å². The first-order valence-electron chi connectivity index (χ1n) is 5.26. The van der Waals surface area contributed by atoms with Crippen LogP contribution in [0.4, 0.5) is 0 Å². The van der Waals surface area contributed by atoms with Crippen molar-refractivity contribution in [1.29, 1.82) is 0 Å². The zero-order valence-corrected chi connectivity index (χ0v) is 11.3. The molecule has 0 heterocycles. The van der Waals surface area contributed by atoms with E-state index in [0.717, 1.165) is 6.54 Å². The first-order chi connectivity index (χ1) is 6.76. The summed E-state index contributed by atoms with van der Waals surface area (Å²) < 4.78 is 15.7. The van der Waals surface area contributed by atoms with E-state index in [-0.39, 0.29) is 0 Å². The van der Waals surface area contributed by atoms with Gasteiger partial charge < -0.3 is 18.6 Å². The Labute approximate surface area is 89.9 Å². The molecular formula is C9H25NO3Si. The minimum absolute atomic E-state index is 0.677. The Morgan fingerprint density at radius 2 is 1.14 bits per heavy atom. The van der Waals surface area contributed by atoms with Crippen molar-refractivity contribution in [3.05, 3.63) is 0 Å². The molecule has 0 saturated heterocycles. The SMILES string of the molecule is CCNC.CCO[SiH](OCC)OCC. The van der Waals surface area contributed by atoms with Crippen LogP contribution in [0.1, 0.15) is 27.7 Å². The second kappa shape index (κ2) is 15.5. The monoisotopic (exact) mass is 223 g/mol. The third kappa shape index (κ3) is 14.6. The molecule has 88 valence electrons. The third-order valence-electron chi connectivity index (χ3n) is 1.26. The predicted octanol–water partition coefficient (Wildman–Crippen LogP) is 1.04. The van der Waals surface area contributed by atoms with Crippen LogP contribution in [0, 0.1) is 0 Å². The van der Waals surface area contributed by atoms with Crippen molar-refractivity contribution in [3.8, 4) is 0 Å². The quantitative estimate of drug-likeness (QED) is 0.655. The van der Waals surface area contributed by atoms with Crippen molar-refractivity contribution in [1.82, 2.24) is 5.32 Å². The fraction of sp³-hybridized carbons (Fsp3) is 1.00. The van der Waals surface area contributed by atoms with Crippen molar-refractivity contribution in [2.45, 2.75) is 27.7 Å². The first kappa shape index (κ1) is 16.5. The van der Waals surface area contributed by atoms with Gasteiger partial charge in [-0.15, -0.1) is 0 Å². The molecular weight excluding hydrogens is 198 g/mol. The highest BCUT2D eigenvalue weighted by molar-refractivity contribution is 6.36. The molecule has 0 saturated carbocycles.